The van der Waals surface area contributed by atoms with Gasteiger partial charge in [-0.2, -0.15) is 0 Å². The van der Waals surface area contributed by atoms with Crippen LogP contribution >= 0.6 is 0 Å². The first-order chi connectivity index (χ1) is 11.2. The average Bonchev–Trinajstić information content (AvgIpc) is 3.03. The highest BCUT2D eigenvalue weighted by molar-refractivity contribution is 5.80. The summed E-state index contributed by atoms with van der Waals surface area (Å²) >= 11 is 0. The van der Waals surface area contributed by atoms with Crippen LogP contribution in [0.15, 0.2) is 12.4 Å². The van der Waals surface area contributed by atoms with E-state index in [-0.39, 0.29) is 23.8 Å². The van der Waals surface area contributed by atoms with Gasteiger partial charge in [-0.15, -0.1) is 0 Å². The molecule has 0 spiro atoms. The highest BCUT2D eigenvalue weighted by atomic mass is 19.1. The molecule has 126 valence electrons. The Hall–Kier alpha value is -1.80. The first-order valence-corrected chi connectivity index (χ1v) is 7.80. The van der Waals surface area contributed by atoms with E-state index in [1.807, 2.05) is 4.90 Å². The number of rotatable bonds is 5. The van der Waals surface area contributed by atoms with Crippen LogP contribution in [-0.2, 0) is 14.3 Å². The van der Waals surface area contributed by atoms with E-state index in [0.717, 1.165) is 18.8 Å². The molecule has 2 saturated heterocycles. The van der Waals surface area contributed by atoms with Crippen molar-refractivity contribution in [2.45, 2.75) is 12.5 Å². The Balaban J connectivity index is 1.72. The maximum Gasteiger partial charge on any atom is 0.225 e. The molecule has 2 fully saturated rings. The Morgan fingerprint density at radius 3 is 3.00 bits per heavy atom. The minimum absolute atomic E-state index is 0.00522. The number of anilines is 1. The van der Waals surface area contributed by atoms with E-state index in [9.17, 15) is 9.18 Å². The molecule has 23 heavy (non-hydrogen) atoms. The molecule has 0 aliphatic carbocycles. The van der Waals surface area contributed by atoms with Gasteiger partial charge in [-0.1, -0.05) is 0 Å². The van der Waals surface area contributed by atoms with Crippen LogP contribution in [0.5, 0.6) is 0 Å². The molecular weight excluding hydrogens is 303 g/mol. The molecule has 0 aromatic carbocycles. The molecule has 1 N–H and O–H groups in total. The molecule has 3 atom stereocenters. The molecule has 7 nitrogen and oxygen atoms in total. The highest BCUT2D eigenvalue weighted by Crippen LogP contribution is 2.34. The van der Waals surface area contributed by atoms with Gasteiger partial charge in [0.05, 0.1) is 31.0 Å². The predicted octanol–water partition coefficient (Wildman–Crippen LogP) is 0.220. The molecule has 2 aliphatic rings. The molecule has 0 radical (unpaired) electrons. The van der Waals surface area contributed by atoms with Gasteiger partial charge in [-0.05, 0) is 6.42 Å². The topological polar surface area (TPSA) is 76.6 Å². The van der Waals surface area contributed by atoms with Crippen molar-refractivity contribution in [1.82, 2.24) is 15.3 Å². The number of methoxy groups -OCH3 is 1. The fourth-order valence-corrected chi connectivity index (χ4v) is 3.29. The summed E-state index contributed by atoms with van der Waals surface area (Å²) in [4.78, 5) is 22.4. The number of nitrogens with zero attached hydrogens (tertiary/aromatic N) is 3. The zero-order valence-corrected chi connectivity index (χ0v) is 13.1. The van der Waals surface area contributed by atoms with Crippen LogP contribution in [0.25, 0.3) is 0 Å². The van der Waals surface area contributed by atoms with E-state index < -0.39 is 5.82 Å². The molecule has 1 amide bonds. The third kappa shape index (κ3) is 3.59. The van der Waals surface area contributed by atoms with Gasteiger partial charge in [0.15, 0.2) is 5.82 Å². The van der Waals surface area contributed by atoms with E-state index in [1.165, 1.54) is 0 Å². The fourth-order valence-electron chi connectivity index (χ4n) is 3.29. The van der Waals surface area contributed by atoms with Crippen molar-refractivity contribution in [2.24, 2.45) is 11.8 Å². The van der Waals surface area contributed by atoms with Gasteiger partial charge in [0.1, 0.15) is 0 Å². The summed E-state index contributed by atoms with van der Waals surface area (Å²) in [7, 11) is 1.60. The molecule has 0 unspecified atom stereocenters. The summed E-state index contributed by atoms with van der Waals surface area (Å²) in [5.41, 5.74) is 0. The van der Waals surface area contributed by atoms with Gasteiger partial charge in [0.2, 0.25) is 11.9 Å². The second kappa shape index (κ2) is 7.18. The summed E-state index contributed by atoms with van der Waals surface area (Å²) in [6.07, 6.45) is 3.14. The number of nitrogens with one attached hydrogen (secondary N) is 1. The SMILES string of the molecule is COCCNC(=O)[C@@H]1CN(c2ncc(F)cn2)C[C@@H]2OCC[C@@H]21. The van der Waals surface area contributed by atoms with Crippen molar-refractivity contribution in [2.75, 3.05) is 44.9 Å². The van der Waals surface area contributed by atoms with Gasteiger partial charge in [0.25, 0.3) is 0 Å². The molecule has 0 saturated carbocycles. The van der Waals surface area contributed by atoms with Crippen molar-refractivity contribution in [3.05, 3.63) is 18.2 Å². The monoisotopic (exact) mass is 324 g/mol. The first-order valence-electron chi connectivity index (χ1n) is 7.80. The minimum Gasteiger partial charge on any atom is -0.383 e. The smallest absolute Gasteiger partial charge is 0.225 e. The summed E-state index contributed by atoms with van der Waals surface area (Å²) in [6.45, 7) is 2.76. The number of carbonyl (C=O) groups excluding carboxylic acids is 1. The number of amides is 1. The lowest BCUT2D eigenvalue weighted by atomic mass is 9.82. The lowest BCUT2D eigenvalue weighted by Crippen LogP contribution is -2.53. The van der Waals surface area contributed by atoms with Gasteiger partial charge in [-0.3, -0.25) is 4.79 Å². The molecule has 3 rings (SSSR count). The largest absolute Gasteiger partial charge is 0.383 e. The molecule has 2 aliphatic heterocycles. The summed E-state index contributed by atoms with van der Waals surface area (Å²) < 4.78 is 23.7. The maximum absolute atomic E-state index is 13.0. The number of fused-ring (bicyclic) bond motifs is 1. The molecule has 1 aromatic heterocycles. The second-order valence-electron chi connectivity index (χ2n) is 5.86. The summed E-state index contributed by atoms with van der Waals surface area (Å²) in [6, 6.07) is 0. The standard InChI is InChI=1S/C15H21FN4O3/c1-22-5-3-17-14(21)12-8-20(9-13-11(12)2-4-23-13)15-18-6-10(16)7-19-15/h6-7,11-13H,2-5,8-9H2,1H3,(H,17,21)/t11-,12-,13+/m1/s1. The minimum atomic E-state index is -0.477. The first kappa shape index (κ1) is 16.1. The average molecular weight is 324 g/mol. The zero-order valence-electron chi connectivity index (χ0n) is 13.1. The van der Waals surface area contributed by atoms with Gasteiger partial charge >= 0.3 is 0 Å². The van der Waals surface area contributed by atoms with Crippen molar-refractivity contribution >= 4 is 11.9 Å². The van der Waals surface area contributed by atoms with Crippen molar-refractivity contribution in [3.63, 3.8) is 0 Å². The third-order valence-corrected chi connectivity index (χ3v) is 4.43. The summed E-state index contributed by atoms with van der Waals surface area (Å²) in [5, 5.41) is 2.90. The maximum atomic E-state index is 13.0. The van der Waals surface area contributed by atoms with Crippen LogP contribution in [0.2, 0.25) is 0 Å². The van der Waals surface area contributed by atoms with E-state index in [1.54, 1.807) is 7.11 Å². The zero-order chi connectivity index (χ0) is 16.2. The van der Waals surface area contributed by atoms with Crippen molar-refractivity contribution in [1.29, 1.82) is 0 Å². The van der Waals surface area contributed by atoms with Crippen molar-refractivity contribution in [3.8, 4) is 0 Å². The van der Waals surface area contributed by atoms with Crippen LogP contribution in [0, 0.1) is 17.7 Å². The Morgan fingerprint density at radius 2 is 2.26 bits per heavy atom. The number of piperidine rings is 1. The fraction of sp³-hybridized carbons (Fsp3) is 0.667. The van der Waals surface area contributed by atoms with Crippen LogP contribution in [-0.4, -0.2) is 61.9 Å². The van der Waals surface area contributed by atoms with Gasteiger partial charge in [0, 0.05) is 39.3 Å². The molecular formula is C15H21FN4O3. The summed E-state index contributed by atoms with van der Waals surface area (Å²) in [5.74, 6) is -0.0463. The van der Waals surface area contributed by atoms with E-state index in [2.05, 4.69) is 15.3 Å². The van der Waals surface area contributed by atoms with Crippen LogP contribution < -0.4 is 10.2 Å². The Morgan fingerprint density at radius 1 is 1.48 bits per heavy atom. The highest BCUT2D eigenvalue weighted by Gasteiger charge is 2.44. The van der Waals surface area contributed by atoms with Crippen molar-refractivity contribution < 1.29 is 18.7 Å². The Kier molecular flexibility index (Phi) is 5.02. The van der Waals surface area contributed by atoms with E-state index >= 15 is 0 Å². The molecule has 3 heterocycles. The number of aromatic nitrogens is 2. The van der Waals surface area contributed by atoms with Crippen LogP contribution in [0.4, 0.5) is 10.3 Å². The third-order valence-electron chi connectivity index (χ3n) is 4.43. The molecule has 8 heteroatoms. The predicted molar refractivity (Wildman–Crippen MR) is 80.4 cm³/mol. The lowest BCUT2D eigenvalue weighted by Gasteiger charge is -2.39. The number of hydrogen-bond donors (Lipinski definition) is 1. The Labute approximate surface area is 134 Å². The number of hydrogen-bond acceptors (Lipinski definition) is 6. The van der Waals surface area contributed by atoms with E-state index in [4.69, 9.17) is 9.47 Å². The second-order valence-corrected chi connectivity index (χ2v) is 5.86. The van der Waals surface area contributed by atoms with Gasteiger partial charge in [-0.25, -0.2) is 14.4 Å². The number of halogens is 1. The Bertz CT molecular complexity index is 542. The molecule has 1 aromatic rings. The van der Waals surface area contributed by atoms with E-state index in [0.29, 0.717) is 38.8 Å². The number of ether oxygens (including phenoxy) is 2. The van der Waals surface area contributed by atoms with Crippen LogP contribution in [0.3, 0.4) is 0 Å². The lowest BCUT2D eigenvalue weighted by molar-refractivity contribution is -0.128. The quantitative estimate of drug-likeness (QED) is 0.781. The van der Waals surface area contributed by atoms with Crippen LogP contribution in [0.1, 0.15) is 6.42 Å². The number of carbonyl (C=O) groups is 1. The normalized spacial score (nSPS) is 26.9. The van der Waals surface area contributed by atoms with Gasteiger partial charge < -0.3 is 19.7 Å². The molecule has 0 bridgehead atoms.